The molecule has 0 bridgehead atoms. The van der Waals surface area contributed by atoms with Crippen LogP contribution in [0.2, 0.25) is 0 Å². The molecule has 0 spiro atoms. The Morgan fingerprint density at radius 2 is 1.64 bits per heavy atom. The Kier molecular flexibility index (Phi) is 8.21. The summed E-state index contributed by atoms with van der Waals surface area (Å²) in [5.74, 6) is -0.0423. The van der Waals surface area contributed by atoms with Gasteiger partial charge in [0.25, 0.3) is 15.9 Å². The smallest absolute Gasteiger partial charge is 0.264 e. The molecule has 0 saturated heterocycles. The van der Waals surface area contributed by atoms with Crippen LogP contribution >= 0.6 is 0 Å². The van der Waals surface area contributed by atoms with Crippen molar-refractivity contribution in [2.75, 3.05) is 18.0 Å². The highest BCUT2D eigenvalue weighted by Gasteiger charge is 2.27. The first-order valence-electron chi connectivity index (χ1n) is 12.4. The minimum atomic E-state index is -4.04. The summed E-state index contributed by atoms with van der Waals surface area (Å²) in [5.41, 5.74) is 9.18. The molecular formula is C30H32N4O4S. The summed E-state index contributed by atoms with van der Waals surface area (Å²) in [7, 11) is -2.53. The molecule has 4 rings (SSSR count). The van der Waals surface area contributed by atoms with Crippen LogP contribution in [-0.2, 0) is 14.8 Å². The summed E-state index contributed by atoms with van der Waals surface area (Å²) in [4.78, 5) is 12.9. The number of nitrogens with one attached hydrogen (secondary N) is 1. The van der Waals surface area contributed by atoms with Crippen molar-refractivity contribution in [3.05, 3.63) is 107 Å². The molecule has 1 aromatic heterocycles. The molecule has 202 valence electrons. The molecule has 9 heteroatoms. The lowest BCUT2D eigenvalue weighted by Crippen LogP contribution is -2.39. The van der Waals surface area contributed by atoms with E-state index in [1.165, 1.54) is 30.4 Å². The maximum Gasteiger partial charge on any atom is 0.264 e. The normalized spacial score (nSPS) is 11.5. The molecular weight excluding hydrogens is 512 g/mol. The van der Waals surface area contributed by atoms with Crippen molar-refractivity contribution < 1.29 is 17.9 Å². The third kappa shape index (κ3) is 6.04. The van der Waals surface area contributed by atoms with Gasteiger partial charge in [-0.1, -0.05) is 24.3 Å². The summed E-state index contributed by atoms with van der Waals surface area (Å²) in [6.45, 7) is 7.72. The highest BCUT2D eigenvalue weighted by Crippen LogP contribution is 2.25. The number of amides is 1. The highest BCUT2D eigenvalue weighted by atomic mass is 32.2. The number of ether oxygens (including phenoxy) is 1. The van der Waals surface area contributed by atoms with E-state index in [-0.39, 0.29) is 4.90 Å². The minimum absolute atomic E-state index is 0.0437. The zero-order chi connectivity index (χ0) is 28.2. The molecule has 0 saturated carbocycles. The van der Waals surface area contributed by atoms with Crippen LogP contribution in [0.5, 0.6) is 5.75 Å². The van der Waals surface area contributed by atoms with E-state index in [1.807, 2.05) is 19.9 Å². The van der Waals surface area contributed by atoms with Gasteiger partial charge in [-0.05, 0) is 93.4 Å². The van der Waals surface area contributed by atoms with Crippen LogP contribution in [0, 0.1) is 27.7 Å². The Bertz CT molecular complexity index is 1610. The zero-order valence-corrected chi connectivity index (χ0v) is 23.5. The number of para-hydroxylation sites is 1. The van der Waals surface area contributed by atoms with Gasteiger partial charge in [0.2, 0.25) is 0 Å². The SMILES string of the molecule is COc1ccc(S(=O)(=O)N(CC(=O)N/N=C\c2cc(C)n(-c3ccc(C)c(C)c3)c2C)c2ccccc2)cc1. The monoisotopic (exact) mass is 544 g/mol. The van der Waals surface area contributed by atoms with Crippen molar-refractivity contribution in [2.24, 2.45) is 5.10 Å². The van der Waals surface area contributed by atoms with Crippen LogP contribution in [0.4, 0.5) is 5.69 Å². The number of methoxy groups -OCH3 is 1. The molecule has 0 fully saturated rings. The van der Waals surface area contributed by atoms with Gasteiger partial charge >= 0.3 is 0 Å². The summed E-state index contributed by atoms with van der Waals surface area (Å²) in [6, 6.07) is 22.8. The van der Waals surface area contributed by atoms with Crippen molar-refractivity contribution in [3.63, 3.8) is 0 Å². The van der Waals surface area contributed by atoms with E-state index < -0.39 is 22.5 Å². The van der Waals surface area contributed by atoms with Gasteiger partial charge in [0, 0.05) is 22.6 Å². The zero-order valence-electron chi connectivity index (χ0n) is 22.7. The number of carbonyl (C=O) groups excluding carboxylic acids is 1. The molecule has 8 nitrogen and oxygen atoms in total. The fourth-order valence-corrected chi connectivity index (χ4v) is 5.73. The minimum Gasteiger partial charge on any atom is -0.497 e. The average Bonchev–Trinajstić information content (AvgIpc) is 3.21. The van der Waals surface area contributed by atoms with Crippen LogP contribution in [0.3, 0.4) is 0 Å². The first-order valence-corrected chi connectivity index (χ1v) is 13.9. The van der Waals surface area contributed by atoms with Crippen molar-refractivity contribution in [3.8, 4) is 11.4 Å². The molecule has 1 amide bonds. The number of hydrogen-bond donors (Lipinski definition) is 1. The first-order chi connectivity index (χ1) is 18.6. The van der Waals surface area contributed by atoms with E-state index in [0.717, 1.165) is 26.9 Å². The summed E-state index contributed by atoms with van der Waals surface area (Å²) < 4.78 is 35.3. The Hall–Kier alpha value is -4.37. The van der Waals surface area contributed by atoms with Crippen LogP contribution < -0.4 is 14.5 Å². The van der Waals surface area contributed by atoms with Gasteiger partial charge in [-0.2, -0.15) is 5.10 Å². The second kappa shape index (κ2) is 11.6. The van der Waals surface area contributed by atoms with Gasteiger partial charge in [-0.3, -0.25) is 9.10 Å². The van der Waals surface area contributed by atoms with E-state index in [9.17, 15) is 13.2 Å². The van der Waals surface area contributed by atoms with Gasteiger partial charge in [-0.25, -0.2) is 13.8 Å². The number of hydrogen-bond acceptors (Lipinski definition) is 5. The van der Waals surface area contributed by atoms with Crippen LogP contribution in [0.15, 0.2) is 88.9 Å². The molecule has 1 N–H and O–H groups in total. The predicted molar refractivity (Wildman–Crippen MR) is 154 cm³/mol. The molecule has 1 heterocycles. The Balaban J connectivity index is 1.53. The predicted octanol–water partition coefficient (Wildman–Crippen LogP) is 5.07. The number of anilines is 1. The Morgan fingerprint density at radius 1 is 0.949 bits per heavy atom. The third-order valence-corrected chi connectivity index (χ3v) is 8.38. The lowest BCUT2D eigenvalue weighted by atomic mass is 10.1. The van der Waals surface area contributed by atoms with E-state index in [1.54, 1.807) is 48.7 Å². The number of sulfonamides is 1. The molecule has 0 radical (unpaired) electrons. The van der Waals surface area contributed by atoms with Crippen LogP contribution in [0.25, 0.3) is 5.69 Å². The topological polar surface area (TPSA) is 93.0 Å². The van der Waals surface area contributed by atoms with E-state index in [4.69, 9.17) is 4.74 Å². The number of rotatable bonds is 9. The number of aromatic nitrogens is 1. The Morgan fingerprint density at radius 3 is 2.28 bits per heavy atom. The second-order valence-electron chi connectivity index (χ2n) is 9.25. The number of carbonyl (C=O) groups is 1. The lowest BCUT2D eigenvalue weighted by molar-refractivity contribution is -0.119. The molecule has 39 heavy (non-hydrogen) atoms. The van der Waals surface area contributed by atoms with Crippen molar-refractivity contribution in [1.29, 1.82) is 0 Å². The Labute approximate surface area is 229 Å². The molecule has 0 aliphatic carbocycles. The van der Waals surface area contributed by atoms with Gasteiger partial charge in [0.15, 0.2) is 0 Å². The lowest BCUT2D eigenvalue weighted by Gasteiger charge is -2.23. The fourth-order valence-electron chi connectivity index (χ4n) is 4.30. The maximum absolute atomic E-state index is 13.5. The maximum atomic E-state index is 13.5. The van der Waals surface area contributed by atoms with Gasteiger partial charge in [0.05, 0.1) is 23.9 Å². The summed E-state index contributed by atoms with van der Waals surface area (Å²) in [6.07, 6.45) is 1.57. The number of aryl methyl sites for hydroxylation is 3. The van der Waals surface area contributed by atoms with E-state index >= 15 is 0 Å². The number of benzene rings is 3. The average molecular weight is 545 g/mol. The van der Waals surface area contributed by atoms with Gasteiger partial charge < -0.3 is 9.30 Å². The molecule has 4 aromatic rings. The molecule has 0 atom stereocenters. The summed E-state index contributed by atoms with van der Waals surface area (Å²) >= 11 is 0. The first kappa shape index (κ1) is 27.7. The van der Waals surface area contributed by atoms with E-state index in [0.29, 0.717) is 11.4 Å². The van der Waals surface area contributed by atoms with Crippen molar-refractivity contribution >= 4 is 27.8 Å². The van der Waals surface area contributed by atoms with Gasteiger partial charge in [0.1, 0.15) is 12.3 Å². The largest absolute Gasteiger partial charge is 0.497 e. The van der Waals surface area contributed by atoms with E-state index in [2.05, 4.69) is 47.1 Å². The van der Waals surface area contributed by atoms with Crippen molar-refractivity contribution in [1.82, 2.24) is 9.99 Å². The van der Waals surface area contributed by atoms with Crippen LogP contribution in [-0.4, -0.2) is 38.8 Å². The molecule has 0 aliphatic heterocycles. The third-order valence-electron chi connectivity index (χ3n) is 6.59. The highest BCUT2D eigenvalue weighted by molar-refractivity contribution is 7.92. The van der Waals surface area contributed by atoms with Crippen molar-refractivity contribution in [2.45, 2.75) is 32.6 Å². The number of nitrogens with zero attached hydrogens (tertiary/aromatic N) is 3. The summed E-state index contributed by atoms with van der Waals surface area (Å²) in [5, 5.41) is 4.13. The molecule has 0 unspecified atom stereocenters. The number of hydrazone groups is 1. The molecule has 0 aliphatic rings. The standard InChI is InChI=1S/C30H32N4O4S/c1-21-11-12-27(17-22(21)2)34-23(3)18-25(24(34)4)19-31-32-30(35)20-33(26-9-7-6-8-10-26)39(36,37)29-15-13-28(38-5)14-16-29/h6-19H,20H2,1-5H3,(H,32,35)/b31-19-. The molecule has 3 aromatic carbocycles. The van der Waals surface area contributed by atoms with Gasteiger partial charge in [-0.15, -0.1) is 0 Å². The quantitative estimate of drug-likeness (QED) is 0.235. The van der Waals surface area contributed by atoms with Crippen LogP contribution in [0.1, 0.15) is 28.1 Å². The fraction of sp³-hybridized carbons (Fsp3) is 0.200. The second-order valence-corrected chi connectivity index (χ2v) is 11.1.